The van der Waals surface area contributed by atoms with Gasteiger partial charge in [0.05, 0.1) is 18.9 Å². The third-order valence-corrected chi connectivity index (χ3v) is 12.2. The number of cyclic esters (lactones) is 1. The minimum Gasteiger partial charge on any atom is -0.508 e. The lowest BCUT2D eigenvalue weighted by atomic mass is 9.84. The molecule has 2 aliphatic rings. The molecule has 7 rings (SSSR count). The minimum absolute atomic E-state index is 0.0131. The van der Waals surface area contributed by atoms with Gasteiger partial charge in [0, 0.05) is 79.5 Å². The minimum atomic E-state index is -1.17. The van der Waals surface area contributed by atoms with Gasteiger partial charge in [-0.2, -0.15) is 0 Å². The van der Waals surface area contributed by atoms with Gasteiger partial charge in [-0.25, -0.2) is 15.2 Å². The van der Waals surface area contributed by atoms with Crippen LogP contribution in [0, 0.1) is 11.3 Å². The van der Waals surface area contributed by atoms with E-state index in [-0.39, 0.29) is 36.4 Å². The highest BCUT2D eigenvalue weighted by molar-refractivity contribution is 7.11. The number of rotatable bonds is 9. The van der Waals surface area contributed by atoms with Gasteiger partial charge in [0.25, 0.3) is 11.1 Å². The summed E-state index contributed by atoms with van der Waals surface area (Å²) in [5, 5.41) is 18.4. The van der Waals surface area contributed by atoms with Gasteiger partial charge < -0.3 is 29.2 Å². The number of fused-ring (bicyclic) bond motifs is 6. The summed E-state index contributed by atoms with van der Waals surface area (Å²) in [6.07, 6.45) is 5.85. The second-order valence-corrected chi connectivity index (χ2v) is 18.0. The molecule has 2 aliphatic heterocycles. The van der Waals surface area contributed by atoms with Crippen molar-refractivity contribution in [2.45, 2.75) is 91.6 Å². The van der Waals surface area contributed by atoms with E-state index in [0.717, 1.165) is 50.2 Å². The van der Waals surface area contributed by atoms with Crippen molar-refractivity contribution in [2.24, 2.45) is 11.3 Å². The highest BCUT2D eigenvalue weighted by atomic mass is 32.1. The molecule has 16 heteroatoms. The van der Waals surface area contributed by atoms with Crippen LogP contribution in [0.4, 0.5) is 4.79 Å². The van der Waals surface area contributed by atoms with Crippen molar-refractivity contribution in [3.63, 3.8) is 0 Å². The first-order chi connectivity index (χ1) is 29.7. The van der Waals surface area contributed by atoms with Crippen molar-refractivity contribution in [3.05, 3.63) is 83.1 Å². The Kier molecular flexibility index (Phi) is 13.3. The van der Waals surface area contributed by atoms with E-state index >= 15 is 0 Å². The SMILES string of the molecule is CCn1c(-c2cnccc2COC)c2c3cc(ccc31)-c1cc(O)cc(c1)C[C@H](NC(=O)[C@H](C(C)C)N(C)C(=O)Oc1nccs1)C(=O)N1CCC[C@H](N1)C(=O)OCC(C)(C)C2. The fourth-order valence-electron chi connectivity index (χ4n) is 8.63. The Morgan fingerprint density at radius 3 is 2.66 bits per heavy atom. The molecule has 2 aromatic carbocycles. The van der Waals surface area contributed by atoms with Gasteiger partial charge in [0.1, 0.15) is 23.9 Å². The maximum absolute atomic E-state index is 14.6. The zero-order valence-corrected chi connectivity index (χ0v) is 37.1. The summed E-state index contributed by atoms with van der Waals surface area (Å²) in [7, 11) is 3.14. The molecule has 0 spiro atoms. The van der Waals surface area contributed by atoms with E-state index in [1.54, 1.807) is 44.7 Å². The Balaban J connectivity index is 1.33. The number of ether oxygens (including phenoxy) is 3. The first-order valence-corrected chi connectivity index (χ1v) is 21.8. The van der Waals surface area contributed by atoms with Crippen LogP contribution in [-0.4, -0.2) is 98.9 Å². The zero-order valence-electron chi connectivity index (χ0n) is 36.3. The molecule has 0 radical (unpaired) electrons. The molecule has 0 aliphatic carbocycles. The number of thiazole rings is 1. The van der Waals surface area contributed by atoms with Crippen LogP contribution in [0.25, 0.3) is 33.3 Å². The predicted molar refractivity (Wildman–Crippen MR) is 235 cm³/mol. The summed E-state index contributed by atoms with van der Waals surface area (Å²) >= 11 is 1.14. The number of hydrogen-bond acceptors (Lipinski definition) is 12. The van der Waals surface area contributed by atoms with Crippen LogP contribution < -0.4 is 15.5 Å². The third kappa shape index (κ3) is 9.47. The Bertz CT molecular complexity index is 2450. The molecule has 15 nitrogen and oxygen atoms in total. The van der Waals surface area contributed by atoms with Crippen LogP contribution in [0.1, 0.15) is 64.2 Å². The van der Waals surface area contributed by atoms with Crippen molar-refractivity contribution >= 4 is 46.1 Å². The van der Waals surface area contributed by atoms with Gasteiger partial charge >= 0.3 is 12.1 Å². The molecule has 328 valence electrons. The van der Waals surface area contributed by atoms with E-state index in [0.29, 0.717) is 43.5 Å². The molecule has 0 saturated carbocycles. The number of aryl methyl sites for hydroxylation is 1. The zero-order chi connectivity index (χ0) is 44.3. The van der Waals surface area contributed by atoms with Gasteiger partial charge in [0.15, 0.2) is 0 Å². The molecule has 3 atom stereocenters. The quantitative estimate of drug-likeness (QED) is 0.138. The van der Waals surface area contributed by atoms with E-state index in [9.17, 15) is 24.3 Å². The number of nitrogens with one attached hydrogen (secondary N) is 2. The molecular weight excluding hydrogens is 811 g/mol. The number of aromatic nitrogens is 3. The Hall–Kier alpha value is -5.84. The molecule has 1 saturated heterocycles. The lowest BCUT2D eigenvalue weighted by molar-refractivity contribution is -0.155. The number of amides is 3. The van der Waals surface area contributed by atoms with Crippen LogP contribution in [-0.2, 0) is 49.9 Å². The summed E-state index contributed by atoms with van der Waals surface area (Å²) in [4.78, 5) is 65.6. The first kappa shape index (κ1) is 44.2. The largest absolute Gasteiger partial charge is 0.508 e. The summed E-state index contributed by atoms with van der Waals surface area (Å²) in [5.41, 5.74) is 9.71. The number of phenolic OH excluding ortho intramolecular Hbond substituents is 1. The number of esters is 1. The third-order valence-electron chi connectivity index (χ3n) is 11.5. The van der Waals surface area contributed by atoms with E-state index in [1.165, 1.54) is 23.2 Å². The second kappa shape index (κ2) is 18.6. The molecule has 5 aromatic rings. The Morgan fingerprint density at radius 2 is 1.94 bits per heavy atom. The van der Waals surface area contributed by atoms with Gasteiger partial charge in [-0.3, -0.25) is 29.3 Å². The van der Waals surface area contributed by atoms with Crippen molar-refractivity contribution < 1.29 is 38.5 Å². The number of methoxy groups -OCH3 is 1. The van der Waals surface area contributed by atoms with E-state index in [4.69, 9.17) is 14.2 Å². The molecule has 5 heterocycles. The van der Waals surface area contributed by atoms with Gasteiger partial charge in [-0.05, 0) is 90.3 Å². The van der Waals surface area contributed by atoms with E-state index < -0.39 is 47.4 Å². The molecule has 62 heavy (non-hydrogen) atoms. The van der Waals surface area contributed by atoms with Gasteiger partial charge in [-0.15, -0.1) is 0 Å². The number of carbonyl (C=O) groups is 4. The predicted octanol–water partition coefficient (Wildman–Crippen LogP) is 6.50. The number of benzene rings is 2. The fraction of sp³-hybridized carbons (Fsp3) is 0.435. The van der Waals surface area contributed by atoms with Crippen molar-refractivity contribution in [1.82, 2.24) is 35.2 Å². The molecule has 0 unspecified atom stereocenters. The first-order valence-electron chi connectivity index (χ1n) is 21.0. The normalized spacial score (nSPS) is 18.5. The number of aromatic hydroxyl groups is 1. The van der Waals surface area contributed by atoms with Crippen LogP contribution >= 0.6 is 11.3 Å². The number of carbonyl (C=O) groups excluding carboxylic acids is 4. The van der Waals surface area contributed by atoms with Crippen molar-refractivity contribution in [3.8, 4) is 33.3 Å². The number of nitrogens with zero attached hydrogens (tertiary/aromatic N) is 5. The van der Waals surface area contributed by atoms with Crippen LogP contribution in [0.2, 0.25) is 0 Å². The summed E-state index contributed by atoms with van der Waals surface area (Å²) < 4.78 is 19.4. The lowest BCUT2D eigenvalue weighted by Crippen LogP contribution is -2.62. The number of hydrogen-bond donors (Lipinski definition) is 3. The van der Waals surface area contributed by atoms with Crippen molar-refractivity contribution in [1.29, 1.82) is 0 Å². The summed E-state index contributed by atoms with van der Waals surface area (Å²) in [5.74, 6) is -1.94. The Morgan fingerprint density at radius 1 is 1.13 bits per heavy atom. The topological polar surface area (TPSA) is 177 Å². The van der Waals surface area contributed by atoms with Gasteiger partial charge in [-0.1, -0.05) is 51.2 Å². The van der Waals surface area contributed by atoms with Crippen LogP contribution in [0.15, 0.2) is 66.4 Å². The number of phenols is 1. The monoisotopic (exact) mass is 865 g/mol. The maximum atomic E-state index is 14.6. The molecule has 1 fully saturated rings. The van der Waals surface area contributed by atoms with Crippen LogP contribution in [0.5, 0.6) is 10.9 Å². The van der Waals surface area contributed by atoms with E-state index in [2.05, 4.69) is 58.2 Å². The molecule has 3 N–H and O–H groups in total. The average Bonchev–Trinajstić information content (AvgIpc) is 3.87. The van der Waals surface area contributed by atoms with Crippen molar-refractivity contribution in [2.75, 3.05) is 27.3 Å². The standard InChI is InChI=1S/C46H55N7O8S/c1-8-52-38-12-11-29-22-33(38)34(40(52)35-24-47-14-13-30(35)25-59-7)23-46(4,5)26-60-43(57)36-10-9-16-53(50-36)42(56)37(20-28-18-31(29)21-32(54)19-28)49-41(55)39(27(2)3)51(6)45(58)61-44-48-15-17-62-44/h11-15,17-19,21-22,24,27,36-37,39,50,54H,8-10,16,20,23,25-26H2,1-7H3,(H,49,55)/t36-,37-,39-/m0/s1. The van der Waals surface area contributed by atoms with Gasteiger partial charge in [0.2, 0.25) is 5.91 Å². The highest BCUT2D eigenvalue weighted by Crippen LogP contribution is 2.41. The van der Waals surface area contributed by atoms with Crippen LogP contribution in [0.3, 0.4) is 0 Å². The van der Waals surface area contributed by atoms with E-state index in [1.807, 2.05) is 24.4 Å². The summed E-state index contributed by atoms with van der Waals surface area (Å²) in [6, 6.07) is 10.4. The molecule has 3 aromatic heterocycles. The maximum Gasteiger partial charge on any atom is 0.417 e. The number of pyridine rings is 1. The average molecular weight is 866 g/mol. The second-order valence-electron chi connectivity index (χ2n) is 17.2. The number of likely N-dealkylation sites (N-methyl/N-ethyl adjacent to an activating group) is 1. The number of hydrazine groups is 1. The highest BCUT2D eigenvalue weighted by Gasteiger charge is 2.38. The molecule has 6 bridgehead atoms. The molecular formula is C46H55N7O8S. The Labute approximate surface area is 365 Å². The molecule has 3 amide bonds. The smallest absolute Gasteiger partial charge is 0.417 e. The fourth-order valence-corrected chi connectivity index (χ4v) is 9.11. The summed E-state index contributed by atoms with van der Waals surface area (Å²) in [6.45, 7) is 11.3. The lowest BCUT2D eigenvalue weighted by Gasteiger charge is -2.36.